The Kier molecular flexibility index (Phi) is 4.97. The van der Waals surface area contributed by atoms with Crippen molar-refractivity contribution in [2.45, 2.75) is 19.1 Å². The van der Waals surface area contributed by atoms with E-state index in [0.29, 0.717) is 12.1 Å². The van der Waals surface area contributed by atoms with E-state index < -0.39 is 11.9 Å². The van der Waals surface area contributed by atoms with E-state index in [4.69, 9.17) is 0 Å². The molecule has 0 amide bonds. The average Bonchev–Trinajstić information content (AvgIpc) is 3.12. The minimum atomic E-state index is -4.53. The van der Waals surface area contributed by atoms with Crippen molar-refractivity contribution in [3.05, 3.63) is 60.8 Å². The molecular formula is C17H16F3N5. The summed E-state index contributed by atoms with van der Waals surface area (Å²) in [6.07, 6.45) is 1.40. The van der Waals surface area contributed by atoms with Gasteiger partial charge in [-0.2, -0.15) is 13.2 Å². The molecule has 3 rings (SSSR count). The predicted octanol–water partition coefficient (Wildman–Crippen LogP) is 3.86. The van der Waals surface area contributed by atoms with Crippen LogP contribution in [0.15, 0.2) is 55.1 Å². The fraction of sp³-hybridized carbons (Fsp3) is 0.235. The maximum absolute atomic E-state index is 13.1. The fourth-order valence-electron chi connectivity index (χ4n) is 2.30. The highest BCUT2D eigenvalue weighted by molar-refractivity contribution is 5.57. The van der Waals surface area contributed by atoms with E-state index in [1.54, 1.807) is 42.9 Å². The van der Waals surface area contributed by atoms with Crippen LogP contribution in [0.5, 0.6) is 0 Å². The summed E-state index contributed by atoms with van der Waals surface area (Å²) in [5, 5.41) is 2.94. The Bertz CT molecular complexity index is 801. The van der Waals surface area contributed by atoms with Crippen molar-refractivity contribution in [3.63, 3.8) is 0 Å². The monoisotopic (exact) mass is 347 g/mol. The van der Waals surface area contributed by atoms with Gasteiger partial charge in [-0.25, -0.2) is 15.0 Å². The van der Waals surface area contributed by atoms with Crippen LogP contribution in [0.3, 0.4) is 0 Å². The van der Waals surface area contributed by atoms with E-state index in [1.165, 1.54) is 0 Å². The summed E-state index contributed by atoms with van der Waals surface area (Å²) in [5.74, 6) is 0.208. The summed E-state index contributed by atoms with van der Waals surface area (Å²) in [7, 11) is 0. The molecule has 0 radical (unpaired) electrons. The van der Waals surface area contributed by atoms with Crippen LogP contribution in [0.4, 0.5) is 19.0 Å². The number of halogens is 3. The first kappa shape index (κ1) is 16.9. The highest BCUT2D eigenvalue weighted by Crippen LogP contribution is 2.30. The summed E-state index contributed by atoms with van der Waals surface area (Å²) in [6, 6.07) is 9.54. The molecule has 25 heavy (non-hydrogen) atoms. The minimum absolute atomic E-state index is 0.0486. The van der Waals surface area contributed by atoms with Crippen LogP contribution >= 0.6 is 0 Å². The highest BCUT2D eigenvalue weighted by atomic mass is 19.4. The molecule has 0 aliphatic carbocycles. The second kappa shape index (κ2) is 7.33. The van der Waals surface area contributed by atoms with Gasteiger partial charge in [0.25, 0.3) is 0 Å². The second-order valence-electron chi connectivity index (χ2n) is 5.41. The van der Waals surface area contributed by atoms with Gasteiger partial charge in [0.05, 0.1) is 6.33 Å². The Hall–Kier alpha value is -2.90. The molecule has 0 saturated heterocycles. The fourth-order valence-corrected chi connectivity index (χ4v) is 2.30. The van der Waals surface area contributed by atoms with Crippen LogP contribution < -0.4 is 5.32 Å². The minimum Gasteiger partial charge on any atom is -0.370 e. The van der Waals surface area contributed by atoms with Gasteiger partial charge >= 0.3 is 6.18 Å². The van der Waals surface area contributed by atoms with Gasteiger partial charge in [0, 0.05) is 37.1 Å². The standard InChI is InChI=1S/C17H16F3N5/c18-17(19,20)14-11-15(22-7-4-9-25-10-8-21-12-25)24-16(23-14)13-5-2-1-3-6-13/h1-3,5-6,8,10-12H,4,7,9H2,(H,22,23,24). The topological polar surface area (TPSA) is 55.6 Å². The predicted molar refractivity (Wildman–Crippen MR) is 87.8 cm³/mol. The zero-order valence-corrected chi connectivity index (χ0v) is 13.2. The van der Waals surface area contributed by atoms with Crippen molar-refractivity contribution in [2.75, 3.05) is 11.9 Å². The first-order chi connectivity index (χ1) is 12.0. The maximum atomic E-state index is 13.1. The Morgan fingerprint density at radius 2 is 1.88 bits per heavy atom. The molecule has 2 aromatic heterocycles. The van der Waals surface area contributed by atoms with Crippen molar-refractivity contribution in [1.82, 2.24) is 19.5 Å². The number of aryl methyl sites for hydroxylation is 1. The number of anilines is 1. The smallest absolute Gasteiger partial charge is 0.370 e. The molecule has 2 heterocycles. The molecule has 0 unspecified atom stereocenters. The van der Waals surface area contributed by atoms with Crippen LogP contribution in [0.2, 0.25) is 0 Å². The lowest BCUT2D eigenvalue weighted by molar-refractivity contribution is -0.141. The molecule has 0 aliphatic rings. The number of hydrogen-bond donors (Lipinski definition) is 1. The van der Waals surface area contributed by atoms with Gasteiger partial charge in [-0.15, -0.1) is 0 Å². The highest BCUT2D eigenvalue weighted by Gasteiger charge is 2.33. The van der Waals surface area contributed by atoms with Gasteiger partial charge < -0.3 is 9.88 Å². The maximum Gasteiger partial charge on any atom is 0.433 e. The molecule has 1 aromatic carbocycles. The first-order valence-corrected chi connectivity index (χ1v) is 7.74. The van der Waals surface area contributed by atoms with Crippen LogP contribution in [0.25, 0.3) is 11.4 Å². The third kappa shape index (κ3) is 4.56. The Morgan fingerprint density at radius 1 is 1.08 bits per heavy atom. The molecule has 0 saturated carbocycles. The van der Waals surface area contributed by atoms with E-state index in [0.717, 1.165) is 19.0 Å². The second-order valence-corrected chi connectivity index (χ2v) is 5.41. The van der Waals surface area contributed by atoms with Gasteiger partial charge in [-0.1, -0.05) is 30.3 Å². The molecule has 5 nitrogen and oxygen atoms in total. The number of benzene rings is 1. The Morgan fingerprint density at radius 3 is 2.56 bits per heavy atom. The number of aromatic nitrogens is 4. The third-order valence-corrected chi connectivity index (χ3v) is 3.51. The number of nitrogens with zero attached hydrogens (tertiary/aromatic N) is 4. The van der Waals surface area contributed by atoms with E-state index >= 15 is 0 Å². The summed E-state index contributed by atoms with van der Waals surface area (Å²) < 4.78 is 41.2. The Balaban J connectivity index is 1.75. The van der Waals surface area contributed by atoms with E-state index in [9.17, 15) is 13.2 Å². The van der Waals surface area contributed by atoms with Crippen molar-refractivity contribution in [1.29, 1.82) is 0 Å². The van der Waals surface area contributed by atoms with Gasteiger partial charge in [-0.3, -0.25) is 0 Å². The van der Waals surface area contributed by atoms with Gasteiger partial charge in [0.1, 0.15) is 5.82 Å². The summed E-state index contributed by atoms with van der Waals surface area (Å²) in [6.45, 7) is 1.20. The first-order valence-electron chi connectivity index (χ1n) is 7.74. The number of rotatable bonds is 6. The molecular weight excluding hydrogens is 331 g/mol. The Labute approximate surface area is 142 Å². The van der Waals surface area contributed by atoms with E-state index in [-0.39, 0.29) is 11.6 Å². The van der Waals surface area contributed by atoms with E-state index in [1.807, 2.05) is 10.8 Å². The van der Waals surface area contributed by atoms with Crippen molar-refractivity contribution < 1.29 is 13.2 Å². The molecule has 1 N–H and O–H groups in total. The van der Waals surface area contributed by atoms with Crippen molar-refractivity contribution >= 4 is 5.82 Å². The lowest BCUT2D eigenvalue weighted by Gasteiger charge is -2.12. The van der Waals surface area contributed by atoms with Gasteiger partial charge in [-0.05, 0) is 6.42 Å². The number of imidazole rings is 1. The van der Waals surface area contributed by atoms with Crippen LogP contribution in [-0.4, -0.2) is 26.1 Å². The summed E-state index contributed by atoms with van der Waals surface area (Å²) in [5.41, 5.74) is -0.423. The molecule has 0 spiro atoms. The summed E-state index contributed by atoms with van der Waals surface area (Å²) in [4.78, 5) is 11.8. The van der Waals surface area contributed by atoms with Gasteiger partial charge in [0.15, 0.2) is 11.5 Å². The lowest BCUT2D eigenvalue weighted by atomic mass is 10.2. The zero-order valence-electron chi connectivity index (χ0n) is 13.2. The number of hydrogen-bond acceptors (Lipinski definition) is 4. The van der Waals surface area contributed by atoms with Crippen LogP contribution in [0.1, 0.15) is 12.1 Å². The quantitative estimate of drug-likeness (QED) is 0.688. The van der Waals surface area contributed by atoms with Crippen molar-refractivity contribution in [3.8, 4) is 11.4 Å². The van der Waals surface area contributed by atoms with E-state index in [2.05, 4.69) is 20.3 Å². The molecule has 0 fully saturated rings. The zero-order chi connectivity index (χ0) is 17.7. The normalized spacial score (nSPS) is 11.5. The van der Waals surface area contributed by atoms with Crippen LogP contribution in [-0.2, 0) is 12.7 Å². The molecule has 0 atom stereocenters. The average molecular weight is 347 g/mol. The number of nitrogens with one attached hydrogen (secondary N) is 1. The molecule has 130 valence electrons. The summed E-state index contributed by atoms with van der Waals surface area (Å²) >= 11 is 0. The van der Waals surface area contributed by atoms with Crippen molar-refractivity contribution in [2.24, 2.45) is 0 Å². The molecule has 8 heteroatoms. The molecule has 3 aromatic rings. The molecule has 0 aliphatic heterocycles. The van der Waals surface area contributed by atoms with Gasteiger partial charge in [0.2, 0.25) is 0 Å². The van der Waals surface area contributed by atoms with Crippen LogP contribution in [0, 0.1) is 0 Å². The SMILES string of the molecule is FC(F)(F)c1cc(NCCCn2ccnc2)nc(-c2ccccc2)n1. The third-order valence-electron chi connectivity index (χ3n) is 3.51. The lowest BCUT2D eigenvalue weighted by Crippen LogP contribution is -2.13. The number of alkyl halides is 3. The molecule has 0 bridgehead atoms. The largest absolute Gasteiger partial charge is 0.433 e.